The zero-order valence-corrected chi connectivity index (χ0v) is 25.6. The molecule has 0 aromatic carbocycles. The number of hydrogen-bond donors (Lipinski definition) is 6. The topological polar surface area (TPSA) is 276 Å². The van der Waals surface area contributed by atoms with Crippen LogP contribution in [0.15, 0.2) is 17.4 Å². The Labute approximate surface area is 255 Å². The van der Waals surface area contributed by atoms with Crippen molar-refractivity contribution in [1.82, 2.24) is 44.5 Å². The van der Waals surface area contributed by atoms with E-state index in [2.05, 4.69) is 59.3 Å². The van der Waals surface area contributed by atoms with Crippen LogP contribution in [-0.4, -0.2) is 92.0 Å². The molecule has 2 saturated heterocycles. The molecule has 0 saturated carbocycles. The highest BCUT2D eigenvalue weighted by molar-refractivity contribution is 8.44. The molecule has 0 amide bonds. The second-order valence-corrected chi connectivity index (χ2v) is 15.3. The monoisotopic (exact) mass is 695 g/mol. The molecule has 2 fully saturated rings. The van der Waals surface area contributed by atoms with E-state index in [1.165, 1.54) is 17.2 Å². The van der Waals surface area contributed by atoms with Gasteiger partial charge in [0.2, 0.25) is 5.95 Å². The van der Waals surface area contributed by atoms with Crippen LogP contribution in [0.5, 0.6) is 0 Å². The smallest absolute Gasteiger partial charge is 0.382 e. The Morgan fingerprint density at radius 3 is 2.61 bits per heavy atom. The largest absolute Gasteiger partial charge is 0.386 e. The summed E-state index contributed by atoms with van der Waals surface area (Å²) < 4.78 is 58.6. The number of nitrogens with one attached hydrogen (secondary N) is 1. The number of nitrogens with two attached hydrogens (primary N) is 2. The van der Waals surface area contributed by atoms with Crippen LogP contribution >= 0.6 is 25.8 Å². The van der Waals surface area contributed by atoms with Crippen molar-refractivity contribution in [3.05, 3.63) is 23.0 Å². The van der Waals surface area contributed by atoms with Gasteiger partial charge in [0.15, 0.2) is 40.6 Å². The first-order valence-electron chi connectivity index (χ1n) is 12.6. The second-order valence-electron chi connectivity index (χ2n) is 9.72. The van der Waals surface area contributed by atoms with E-state index in [4.69, 9.17) is 34.5 Å². The second kappa shape index (κ2) is 11.9. The van der Waals surface area contributed by atoms with Crippen LogP contribution in [0.4, 0.5) is 16.2 Å². The summed E-state index contributed by atoms with van der Waals surface area (Å²) in [6, 6.07) is 0. The molecular weight excluding hydrogens is 671 g/mol. The minimum Gasteiger partial charge on any atom is -0.382 e. The van der Waals surface area contributed by atoms with Gasteiger partial charge < -0.3 is 35.3 Å². The lowest BCUT2D eigenvalue weighted by molar-refractivity contribution is -0.0495. The summed E-state index contributed by atoms with van der Waals surface area (Å²) in [5, 5.41) is 7.76. The van der Waals surface area contributed by atoms with Gasteiger partial charge in [-0.15, -0.1) is 5.10 Å². The van der Waals surface area contributed by atoms with Gasteiger partial charge in [-0.25, -0.2) is 23.9 Å². The summed E-state index contributed by atoms with van der Waals surface area (Å²) in [7, 11) is 0. The van der Waals surface area contributed by atoms with Crippen LogP contribution in [0.25, 0.3) is 22.3 Å². The van der Waals surface area contributed by atoms with E-state index in [1.807, 2.05) is 0 Å². The Bertz CT molecular complexity index is 1860. The molecule has 4 aromatic rings. The predicted octanol–water partition coefficient (Wildman–Crippen LogP) is 0.0974. The maximum atomic E-state index is 15.0. The number of thiol groups is 1. The number of H-pyrrole nitrogens is 1. The van der Waals surface area contributed by atoms with Gasteiger partial charge in [0.05, 0.1) is 31.7 Å². The standard InChI is InChI=1S/C19H24FN11O9P2S2/c20-9-1-7(38-17(9)31-14-11(28-29-31)13(21)23-5-24-14)4-37-42(35,44)40-10-2-8(3-36-41(33,34)43)39-18(10)30-6-25-12-15(30)26-19(22)27-16(12)32/h5-10,17-18H,1-4H2,(H,35,44)(H2,21,23,24)(H2,33,34,43)(H3,22,26,27,32)/t7-,8-,9-,10?,17+,18+,42?/m0/s1. The van der Waals surface area contributed by atoms with Gasteiger partial charge in [0.25, 0.3) is 5.56 Å². The molecule has 0 radical (unpaired) electrons. The van der Waals surface area contributed by atoms with Gasteiger partial charge in [-0.1, -0.05) is 17.5 Å². The van der Waals surface area contributed by atoms with E-state index >= 15 is 0 Å². The predicted molar refractivity (Wildman–Crippen MR) is 154 cm³/mol. The third-order valence-electron chi connectivity index (χ3n) is 6.65. The molecule has 7 atom stereocenters. The van der Waals surface area contributed by atoms with Crippen LogP contribution in [0.3, 0.4) is 0 Å². The summed E-state index contributed by atoms with van der Waals surface area (Å²) in [6.07, 6.45) is -4.45. The van der Waals surface area contributed by atoms with E-state index in [-0.39, 0.29) is 60.1 Å². The Hall–Kier alpha value is -2.69. The van der Waals surface area contributed by atoms with E-state index < -0.39 is 56.0 Å². The molecule has 2 aliphatic rings. The lowest BCUT2D eigenvalue weighted by Gasteiger charge is -2.24. The Balaban J connectivity index is 1.16. The molecule has 6 rings (SSSR count). The molecule has 2 unspecified atom stereocenters. The number of alkyl halides is 1. The molecule has 2 aliphatic heterocycles. The van der Waals surface area contributed by atoms with Gasteiger partial charge in [-0.05, 0) is 11.8 Å². The van der Waals surface area contributed by atoms with E-state index in [0.717, 1.165) is 4.68 Å². The zero-order chi connectivity index (χ0) is 31.4. The highest BCUT2D eigenvalue weighted by Gasteiger charge is 2.44. The van der Waals surface area contributed by atoms with Crippen molar-refractivity contribution in [1.29, 1.82) is 0 Å². The maximum Gasteiger partial charge on any atom is 0.386 e. The molecule has 25 heteroatoms. The number of anilines is 2. The van der Waals surface area contributed by atoms with Gasteiger partial charge in [-0.3, -0.25) is 23.4 Å². The van der Waals surface area contributed by atoms with Crippen molar-refractivity contribution in [2.24, 2.45) is 0 Å². The maximum absolute atomic E-state index is 15.0. The molecule has 7 N–H and O–H groups in total. The molecule has 44 heavy (non-hydrogen) atoms. The Morgan fingerprint density at radius 1 is 1.11 bits per heavy atom. The third kappa shape index (κ3) is 6.49. The molecule has 20 nitrogen and oxygen atoms in total. The van der Waals surface area contributed by atoms with Crippen molar-refractivity contribution in [2.75, 3.05) is 24.7 Å². The summed E-state index contributed by atoms with van der Waals surface area (Å²) in [5.41, 5.74) is 11.2. The fourth-order valence-corrected chi connectivity index (χ4v) is 6.88. The van der Waals surface area contributed by atoms with Crippen LogP contribution in [0.1, 0.15) is 25.3 Å². The van der Waals surface area contributed by atoms with Gasteiger partial charge in [0, 0.05) is 12.8 Å². The number of fused-ring (bicyclic) bond motifs is 2. The van der Waals surface area contributed by atoms with Crippen molar-refractivity contribution in [2.45, 2.75) is 49.8 Å². The number of aromatic amines is 1. The first-order valence-corrected chi connectivity index (χ1v) is 17.9. The van der Waals surface area contributed by atoms with Crippen LogP contribution in [0.2, 0.25) is 0 Å². The quantitative estimate of drug-likeness (QED) is 0.0947. The lowest BCUT2D eigenvalue weighted by atomic mass is 10.2. The number of rotatable bonds is 10. The SMILES string of the molecule is Nc1nc2c(ncn2[C@@H]2O[C@H](COP(O)(O)=S)CC2OP(=O)(S)OC[C@@H]2C[C@H](F)[C@H](n3nnc4c(N)ncnc43)O2)c(=O)[nH]1. The highest BCUT2D eigenvalue weighted by atomic mass is 32.7. The molecule has 238 valence electrons. The number of ether oxygens (including phenoxy) is 2. The van der Waals surface area contributed by atoms with Crippen molar-refractivity contribution >= 4 is 71.7 Å². The van der Waals surface area contributed by atoms with Gasteiger partial charge >= 0.3 is 13.5 Å². The van der Waals surface area contributed by atoms with E-state index in [0.29, 0.717) is 0 Å². The summed E-state index contributed by atoms with van der Waals surface area (Å²) in [6.45, 7) is -8.96. The van der Waals surface area contributed by atoms with E-state index in [9.17, 15) is 23.5 Å². The minimum atomic E-state index is -4.20. The van der Waals surface area contributed by atoms with Gasteiger partial charge in [-0.2, -0.15) is 9.67 Å². The third-order valence-corrected chi connectivity index (χ3v) is 9.09. The Kier molecular flexibility index (Phi) is 8.47. The summed E-state index contributed by atoms with van der Waals surface area (Å²) >= 11 is 8.58. The fraction of sp³-hybridized carbons (Fsp3) is 0.526. The summed E-state index contributed by atoms with van der Waals surface area (Å²) in [4.78, 5) is 49.6. The molecule has 4 aromatic heterocycles. The highest BCUT2D eigenvalue weighted by Crippen LogP contribution is 2.57. The first kappa shape index (κ1) is 31.3. The number of nitrogen functional groups attached to an aromatic ring is 2. The van der Waals surface area contributed by atoms with Crippen molar-refractivity contribution < 1.29 is 41.8 Å². The lowest BCUT2D eigenvalue weighted by Crippen LogP contribution is -2.23. The molecule has 0 bridgehead atoms. The van der Waals surface area contributed by atoms with Gasteiger partial charge in [0.1, 0.15) is 18.6 Å². The van der Waals surface area contributed by atoms with E-state index in [1.54, 1.807) is 0 Å². The fourth-order valence-electron chi connectivity index (χ4n) is 4.83. The number of aromatic nitrogens is 9. The van der Waals surface area contributed by atoms with Crippen molar-refractivity contribution in [3.63, 3.8) is 0 Å². The zero-order valence-electron chi connectivity index (χ0n) is 22.1. The molecule has 0 spiro atoms. The number of nitrogens with zero attached hydrogens (tertiary/aromatic N) is 8. The number of halogens is 1. The molecular formula is C19H24FN11O9P2S2. The average Bonchev–Trinajstić information content (AvgIpc) is 3.71. The Morgan fingerprint density at radius 2 is 1.84 bits per heavy atom. The molecule has 6 heterocycles. The minimum absolute atomic E-state index is 0.0226. The van der Waals surface area contributed by atoms with Crippen LogP contribution in [-0.2, 0) is 39.4 Å². The molecule has 0 aliphatic carbocycles. The normalized spacial score (nSPS) is 27.4. The summed E-state index contributed by atoms with van der Waals surface area (Å²) in [5.74, 6) is -0.127. The first-order chi connectivity index (χ1) is 20.8. The number of imidazole rings is 1. The van der Waals surface area contributed by atoms with Crippen LogP contribution < -0.4 is 17.0 Å². The van der Waals surface area contributed by atoms with Crippen molar-refractivity contribution in [3.8, 4) is 0 Å². The number of hydrogen-bond acceptors (Lipinski definition) is 16. The van der Waals surface area contributed by atoms with Crippen LogP contribution in [0, 0.1) is 0 Å². The average molecular weight is 696 g/mol.